The van der Waals surface area contributed by atoms with E-state index in [1.807, 2.05) is 19.1 Å². The van der Waals surface area contributed by atoms with Crippen molar-refractivity contribution in [3.05, 3.63) is 59.1 Å². The lowest BCUT2D eigenvalue weighted by molar-refractivity contribution is -0.274. The van der Waals surface area contributed by atoms with Gasteiger partial charge in [-0.05, 0) is 48.9 Å². The van der Waals surface area contributed by atoms with Gasteiger partial charge >= 0.3 is 6.36 Å². The molecule has 0 radical (unpaired) electrons. The zero-order valence-electron chi connectivity index (χ0n) is 16.5. The van der Waals surface area contributed by atoms with Crippen LogP contribution in [-0.2, 0) is 14.9 Å². The summed E-state index contributed by atoms with van der Waals surface area (Å²) in [5.41, 5.74) is 1.65. The number of hydrogen-bond acceptors (Lipinski definition) is 5. The summed E-state index contributed by atoms with van der Waals surface area (Å²) in [6.07, 6.45) is -4.34. The predicted molar refractivity (Wildman–Crippen MR) is 110 cm³/mol. The van der Waals surface area contributed by atoms with Crippen LogP contribution >= 0.6 is 11.6 Å². The van der Waals surface area contributed by atoms with Crippen LogP contribution in [-0.4, -0.2) is 37.9 Å². The Morgan fingerprint density at radius 2 is 1.61 bits per heavy atom. The number of hydrogen-bond donors (Lipinski definition) is 0. The van der Waals surface area contributed by atoms with Gasteiger partial charge in [-0.3, -0.25) is 0 Å². The van der Waals surface area contributed by atoms with Gasteiger partial charge in [0.25, 0.3) is 0 Å². The van der Waals surface area contributed by atoms with E-state index < -0.39 is 22.1 Å². The Morgan fingerprint density at radius 1 is 1.03 bits per heavy atom. The van der Waals surface area contributed by atoms with E-state index in [2.05, 4.69) is 9.89 Å². The minimum Gasteiger partial charge on any atom is -0.406 e. The lowest BCUT2D eigenvalue weighted by Gasteiger charge is -2.27. The van der Waals surface area contributed by atoms with Crippen LogP contribution in [0.5, 0.6) is 5.75 Å². The summed E-state index contributed by atoms with van der Waals surface area (Å²) < 4.78 is 67.3. The molecule has 2 aromatic carbocycles. The van der Waals surface area contributed by atoms with E-state index in [0.29, 0.717) is 17.9 Å². The van der Waals surface area contributed by atoms with Gasteiger partial charge in [-0.2, -0.15) is 4.31 Å². The molecule has 168 valence electrons. The Balaban J connectivity index is 1.58. The lowest BCUT2D eigenvalue weighted by atomic mass is 10.1. The third-order valence-corrected chi connectivity index (χ3v) is 6.84. The van der Waals surface area contributed by atoms with Crippen LogP contribution in [0.1, 0.15) is 31.4 Å². The first-order chi connectivity index (χ1) is 14.5. The standard InChI is InChI=1S/C20H20ClF3N2O4S/c1-14(15-2-4-16(21)5-3-15)30-25-17-10-12-26(13-11-17)31(27,28)19-8-6-18(7-9-19)29-20(22,23)24/h2-9,14H,10-13H2,1H3. The van der Waals surface area contributed by atoms with Gasteiger partial charge in [-0.25, -0.2) is 8.42 Å². The maximum Gasteiger partial charge on any atom is 0.573 e. The molecule has 0 aliphatic carbocycles. The van der Waals surface area contributed by atoms with E-state index in [1.54, 1.807) is 12.1 Å². The Hall–Kier alpha value is -2.30. The van der Waals surface area contributed by atoms with Crippen LogP contribution in [0.3, 0.4) is 0 Å². The molecule has 1 heterocycles. The minimum atomic E-state index is -4.84. The number of ether oxygens (including phenoxy) is 1. The van der Waals surface area contributed by atoms with E-state index >= 15 is 0 Å². The van der Waals surface area contributed by atoms with Crippen LogP contribution in [0, 0.1) is 0 Å². The number of rotatable bonds is 6. The van der Waals surface area contributed by atoms with Crippen molar-refractivity contribution >= 4 is 27.3 Å². The largest absolute Gasteiger partial charge is 0.573 e. The van der Waals surface area contributed by atoms with Gasteiger partial charge < -0.3 is 9.57 Å². The molecular weight excluding hydrogens is 457 g/mol. The first-order valence-corrected chi connectivity index (χ1v) is 11.2. The van der Waals surface area contributed by atoms with Crippen LogP contribution in [0.2, 0.25) is 5.02 Å². The summed E-state index contributed by atoms with van der Waals surface area (Å²) in [5, 5.41) is 4.78. The van der Waals surface area contributed by atoms with E-state index in [1.165, 1.54) is 4.31 Å². The molecule has 1 atom stereocenters. The molecular formula is C20H20ClF3N2O4S. The maximum atomic E-state index is 12.8. The normalized spacial score (nSPS) is 16.6. The molecule has 3 rings (SSSR count). The fourth-order valence-corrected chi connectivity index (χ4v) is 4.55. The van der Waals surface area contributed by atoms with E-state index in [0.717, 1.165) is 35.5 Å². The molecule has 6 nitrogen and oxygen atoms in total. The van der Waals surface area contributed by atoms with Crippen molar-refractivity contribution in [2.75, 3.05) is 13.1 Å². The van der Waals surface area contributed by atoms with Gasteiger partial charge in [0.1, 0.15) is 11.9 Å². The summed E-state index contributed by atoms with van der Waals surface area (Å²) in [6.45, 7) is 2.24. The molecule has 1 fully saturated rings. The SMILES string of the molecule is CC(ON=C1CCN(S(=O)(=O)c2ccc(OC(F)(F)F)cc2)CC1)c1ccc(Cl)cc1. The second-order valence-corrected chi connectivity index (χ2v) is 9.25. The highest BCUT2D eigenvalue weighted by Gasteiger charge is 2.32. The zero-order chi connectivity index (χ0) is 22.6. The Morgan fingerprint density at radius 3 is 2.16 bits per heavy atom. The quantitative estimate of drug-likeness (QED) is 0.540. The van der Waals surface area contributed by atoms with Gasteiger partial charge in [0, 0.05) is 31.0 Å². The third kappa shape index (κ3) is 6.34. The Labute approximate surface area is 183 Å². The Kier molecular flexibility index (Phi) is 7.13. The van der Waals surface area contributed by atoms with Crippen molar-refractivity contribution < 1.29 is 31.2 Å². The van der Waals surface area contributed by atoms with E-state index in [9.17, 15) is 21.6 Å². The highest BCUT2D eigenvalue weighted by atomic mass is 35.5. The summed E-state index contributed by atoms with van der Waals surface area (Å²) >= 11 is 5.87. The van der Waals surface area contributed by atoms with Gasteiger partial charge in [-0.1, -0.05) is 28.9 Å². The summed E-state index contributed by atoms with van der Waals surface area (Å²) in [6, 6.07) is 11.3. The average Bonchev–Trinajstić information content (AvgIpc) is 2.72. The molecule has 2 aromatic rings. The van der Waals surface area contributed by atoms with Gasteiger partial charge in [0.05, 0.1) is 10.6 Å². The van der Waals surface area contributed by atoms with Crippen molar-refractivity contribution in [2.45, 2.75) is 37.1 Å². The molecule has 1 aliphatic rings. The first kappa shape index (κ1) is 23.4. The number of piperidine rings is 1. The molecule has 0 bridgehead atoms. The van der Waals surface area contributed by atoms with Gasteiger partial charge in [-0.15, -0.1) is 13.2 Å². The summed E-state index contributed by atoms with van der Waals surface area (Å²) in [4.78, 5) is 5.44. The molecule has 0 N–H and O–H groups in total. The molecule has 1 aliphatic heterocycles. The highest BCUT2D eigenvalue weighted by Crippen LogP contribution is 2.26. The van der Waals surface area contributed by atoms with E-state index in [4.69, 9.17) is 16.4 Å². The van der Waals surface area contributed by atoms with Crippen molar-refractivity contribution in [2.24, 2.45) is 5.16 Å². The molecule has 1 unspecified atom stereocenters. The monoisotopic (exact) mass is 476 g/mol. The minimum absolute atomic E-state index is 0.102. The fraction of sp³-hybridized carbons (Fsp3) is 0.350. The van der Waals surface area contributed by atoms with Crippen molar-refractivity contribution in [3.8, 4) is 5.75 Å². The van der Waals surface area contributed by atoms with Crippen LogP contribution in [0.15, 0.2) is 58.6 Å². The lowest BCUT2D eigenvalue weighted by Crippen LogP contribution is -2.38. The average molecular weight is 477 g/mol. The number of benzene rings is 2. The van der Waals surface area contributed by atoms with Crippen LogP contribution < -0.4 is 4.74 Å². The van der Waals surface area contributed by atoms with Crippen LogP contribution in [0.4, 0.5) is 13.2 Å². The molecule has 0 saturated carbocycles. The molecule has 11 heteroatoms. The second kappa shape index (κ2) is 9.46. The second-order valence-electron chi connectivity index (χ2n) is 6.88. The highest BCUT2D eigenvalue weighted by molar-refractivity contribution is 7.89. The molecule has 0 aromatic heterocycles. The van der Waals surface area contributed by atoms with E-state index in [-0.39, 0.29) is 24.1 Å². The van der Waals surface area contributed by atoms with Crippen molar-refractivity contribution in [1.29, 1.82) is 0 Å². The number of oxime groups is 1. The molecule has 0 amide bonds. The molecule has 31 heavy (non-hydrogen) atoms. The van der Waals surface area contributed by atoms with Crippen molar-refractivity contribution in [3.63, 3.8) is 0 Å². The molecule has 0 spiro atoms. The zero-order valence-corrected chi connectivity index (χ0v) is 18.0. The first-order valence-electron chi connectivity index (χ1n) is 9.37. The third-order valence-electron chi connectivity index (χ3n) is 4.67. The topological polar surface area (TPSA) is 68.2 Å². The van der Waals surface area contributed by atoms with Crippen molar-refractivity contribution in [1.82, 2.24) is 4.31 Å². The molecule has 1 saturated heterocycles. The summed E-state index contributed by atoms with van der Waals surface area (Å²) in [7, 11) is -3.84. The number of sulfonamides is 1. The summed E-state index contributed by atoms with van der Waals surface area (Å²) in [5.74, 6) is -0.480. The maximum absolute atomic E-state index is 12.8. The van der Waals surface area contributed by atoms with Crippen LogP contribution in [0.25, 0.3) is 0 Å². The van der Waals surface area contributed by atoms with Gasteiger partial charge in [0.2, 0.25) is 10.0 Å². The Bertz CT molecular complexity index is 1020. The smallest absolute Gasteiger partial charge is 0.406 e. The predicted octanol–water partition coefficient (Wildman–Crippen LogP) is 5.16. The fourth-order valence-electron chi connectivity index (χ4n) is 2.99. The number of alkyl halides is 3. The van der Waals surface area contributed by atoms with Gasteiger partial charge in [0.15, 0.2) is 0 Å². The number of halogens is 4. The number of nitrogens with zero attached hydrogens (tertiary/aromatic N) is 2.